The molecule has 1 aliphatic heterocycles. The van der Waals surface area contributed by atoms with E-state index in [1.54, 1.807) is 13.2 Å². The molecule has 20 heavy (non-hydrogen) atoms. The molecule has 0 bridgehead atoms. The lowest BCUT2D eigenvalue weighted by molar-refractivity contribution is 0.200. The number of piperidine rings is 1. The fraction of sp³-hybridized carbons (Fsp3) is 0.625. The highest BCUT2D eigenvalue weighted by Crippen LogP contribution is 2.29. The largest absolute Gasteiger partial charge is 0.504 e. The second-order valence-corrected chi connectivity index (χ2v) is 5.53. The van der Waals surface area contributed by atoms with Gasteiger partial charge in [0.15, 0.2) is 11.5 Å². The summed E-state index contributed by atoms with van der Waals surface area (Å²) >= 11 is 0. The number of ether oxygens (including phenoxy) is 1. The van der Waals surface area contributed by atoms with Crippen molar-refractivity contribution in [1.82, 2.24) is 10.2 Å². The van der Waals surface area contributed by atoms with E-state index in [4.69, 9.17) is 4.74 Å². The van der Waals surface area contributed by atoms with E-state index in [0.29, 0.717) is 11.8 Å². The quantitative estimate of drug-likeness (QED) is 0.869. The van der Waals surface area contributed by atoms with E-state index in [1.807, 2.05) is 12.1 Å². The summed E-state index contributed by atoms with van der Waals surface area (Å²) in [5, 5.41) is 13.3. The fourth-order valence-electron chi connectivity index (χ4n) is 2.83. The number of nitrogens with zero attached hydrogens (tertiary/aromatic N) is 1. The Kier molecular flexibility index (Phi) is 5.26. The van der Waals surface area contributed by atoms with Crippen LogP contribution in [0.5, 0.6) is 11.5 Å². The van der Waals surface area contributed by atoms with Gasteiger partial charge in [-0.05, 0) is 57.1 Å². The lowest BCUT2D eigenvalue weighted by Gasteiger charge is -2.33. The Bertz CT molecular complexity index is 428. The van der Waals surface area contributed by atoms with Gasteiger partial charge in [0.1, 0.15) is 0 Å². The van der Waals surface area contributed by atoms with Crippen LogP contribution in [0.25, 0.3) is 0 Å². The first-order chi connectivity index (χ1) is 9.63. The molecule has 4 heteroatoms. The minimum atomic E-state index is 0.194. The minimum absolute atomic E-state index is 0.194. The molecule has 0 saturated carbocycles. The number of hydrogen-bond donors (Lipinski definition) is 2. The summed E-state index contributed by atoms with van der Waals surface area (Å²) in [6.45, 7) is 7.90. The monoisotopic (exact) mass is 278 g/mol. The lowest BCUT2D eigenvalue weighted by atomic mass is 10.0. The lowest BCUT2D eigenvalue weighted by Crippen LogP contribution is -2.43. The van der Waals surface area contributed by atoms with Crippen molar-refractivity contribution in [2.75, 3.05) is 26.7 Å². The van der Waals surface area contributed by atoms with Crippen LogP contribution in [0.15, 0.2) is 18.2 Å². The zero-order valence-electron chi connectivity index (χ0n) is 12.7. The zero-order chi connectivity index (χ0) is 14.5. The van der Waals surface area contributed by atoms with E-state index in [2.05, 4.69) is 24.1 Å². The summed E-state index contributed by atoms with van der Waals surface area (Å²) in [5.41, 5.74) is 1.15. The minimum Gasteiger partial charge on any atom is -0.504 e. The molecule has 1 unspecified atom stereocenters. The molecule has 0 radical (unpaired) electrons. The van der Waals surface area contributed by atoms with E-state index in [9.17, 15) is 5.11 Å². The number of aromatic hydroxyl groups is 1. The molecule has 1 aromatic carbocycles. The molecule has 0 amide bonds. The van der Waals surface area contributed by atoms with Gasteiger partial charge in [0.25, 0.3) is 0 Å². The Balaban J connectivity index is 1.93. The van der Waals surface area contributed by atoms with Crippen LogP contribution < -0.4 is 10.1 Å². The van der Waals surface area contributed by atoms with Crippen molar-refractivity contribution < 1.29 is 9.84 Å². The van der Waals surface area contributed by atoms with Crippen molar-refractivity contribution in [2.45, 2.75) is 38.8 Å². The molecule has 1 aromatic rings. The average molecular weight is 278 g/mol. The summed E-state index contributed by atoms with van der Waals surface area (Å²) in [6, 6.07) is 6.41. The van der Waals surface area contributed by atoms with E-state index in [-0.39, 0.29) is 11.8 Å². The molecular formula is C16H26N2O2. The van der Waals surface area contributed by atoms with E-state index in [0.717, 1.165) is 12.1 Å². The predicted octanol–water partition coefficient (Wildman–Crippen LogP) is 2.54. The average Bonchev–Trinajstić information content (AvgIpc) is 2.48. The van der Waals surface area contributed by atoms with Gasteiger partial charge in [-0.15, -0.1) is 0 Å². The molecule has 2 N–H and O–H groups in total. The third-order valence-electron chi connectivity index (χ3n) is 4.22. The van der Waals surface area contributed by atoms with Crippen LogP contribution in [0.3, 0.4) is 0 Å². The van der Waals surface area contributed by atoms with Crippen molar-refractivity contribution in [3.05, 3.63) is 23.8 Å². The fourth-order valence-corrected chi connectivity index (χ4v) is 2.83. The van der Waals surface area contributed by atoms with Gasteiger partial charge >= 0.3 is 0 Å². The molecule has 1 aliphatic rings. The van der Waals surface area contributed by atoms with Gasteiger partial charge in [-0.3, -0.25) is 0 Å². The molecule has 1 atom stereocenters. The molecule has 0 aromatic heterocycles. The summed E-state index contributed by atoms with van der Waals surface area (Å²) in [4.78, 5) is 2.49. The van der Waals surface area contributed by atoms with Crippen molar-refractivity contribution >= 4 is 0 Å². The van der Waals surface area contributed by atoms with Gasteiger partial charge in [-0.1, -0.05) is 13.0 Å². The number of methoxy groups -OCH3 is 1. The van der Waals surface area contributed by atoms with Crippen molar-refractivity contribution in [1.29, 1.82) is 0 Å². The van der Waals surface area contributed by atoms with Gasteiger partial charge in [-0.2, -0.15) is 0 Å². The normalized spacial score (nSPS) is 18.9. The van der Waals surface area contributed by atoms with Gasteiger partial charge in [-0.25, -0.2) is 0 Å². The summed E-state index contributed by atoms with van der Waals surface area (Å²) in [5.74, 6) is 0.733. The Morgan fingerprint density at radius 1 is 1.40 bits per heavy atom. The maximum Gasteiger partial charge on any atom is 0.160 e. The van der Waals surface area contributed by atoms with E-state index < -0.39 is 0 Å². The summed E-state index contributed by atoms with van der Waals surface area (Å²) in [7, 11) is 1.58. The highest BCUT2D eigenvalue weighted by atomic mass is 16.5. The third-order valence-corrected chi connectivity index (χ3v) is 4.22. The van der Waals surface area contributed by atoms with Gasteiger partial charge in [0.05, 0.1) is 7.11 Å². The maximum atomic E-state index is 9.64. The van der Waals surface area contributed by atoms with Crippen LogP contribution in [0, 0.1) is 0 Å². The highest BCUT2D eigenvalue weighted by molar-refractivity contribution is 5.42. The zero-order valence-corrected chi connectivity index (χ0v) is 12.7. The van der Waals surface area contributed by atoms with E-state index >= 15 is 0 Å². The standard InChI is InChI=1S/C16H26N2O2/c1-4-18-9-7-14(8-10-18)17-12(2)13-5-6-15(19)16(11-13)20-3/h5-6,11-12,14,17,19H,4,7-10H2,1-3H3. The Morgan fingerprint density at radius 3 is 2.70 bits per heavy atom. The number of benzene rings is 1. The van der Waals surface area contributed by atoms with Crippen molar-refractivity contribution in [3.8, 4) is 11.5 Å². The second-order valence-electron chi connectivity index (χ2n) is 5.53. The van der Waals surface area contributed by atoms with Gasteiger partial charge in [0, 0.05) is 12.1 Å². The first kappa shape index (κ1) is 15.1. The smallest absolute Gasteiger partial charge is 0.160 e. The molecule has 4 nitrogen and oxygen atoms in total. The summed E-state index contributed by atoms with van der Waals surface area (Å²) < 4.78 is 5.17. The Morgan fingerprint density at radius 2 is 2.10 bits per heavy atom. The molecule has 0 spiro atoms. The number of phenolic OH excluding ortho intramolecular Hbond substituents is 1. The molecule has 1 heterocycles. The molecule has 0 aliphatic carbocycles. The van der Waals surface area contributed by atoms with Gasteiger partial charge < -0.3 is 20.1 Å². The second kappa shape index (κ2) is 6.95. The number of rotatable bonds is 5. The van der Waals surface area contributed by atoms with Crippen molar-refractivity contribution in [3.63, 3.8) is 0 Å². The van der Waals surface area contributed by atoms with Crippen LogP contribution in [-0.2, 0) is 0 Å². The van der Waals surface area contributed by atoms with E-state index in [1.165, 1.54) is 25.9 Å². The highest BCUT2D eigenvalue weighted by Gasteiger charge is 2.20. The molecule has 1 saturated heterocycles. The van der Waals surface area contributed by atoms with Crippen LogP contribution in [0.4, 0.5) is 0 Å². The first-order valence-corrected chi connectivity index (χ1v) is 7.49. The Labute approximate surface area is 121 Å². The van der Waals surface area contributed by atoms with Crippen LogP contribution >= 0.6 is 0 Å². The molecule has 2 rings (SSSR count). The number of hydrogen-bond acceptors (Lipinski definition) is 4. The molecular weight excluding hydrogens is 252 g/mol. The summed E-state index contributed by atoms with van der Waals surface area (Å²) in [6.07, 6.45) is 2.40. The van der Waals surface area contributed by atoms with Crippen LogP contribution in [0.2, 0.25) is 0 Å². The Hall–Kier alpha value is -1.26. The number of phenols is 1. The third kappa shape index (κ3) is 3.64. The topological polar surface area (TPSA) is 44.7 Å². The molecule has 112 valence electrons. The van der Waals surface area contributed by atoms with Crippen LogP contribution in [-0.4, -0.2) is 42.8 Å². The SMILES string of the molecule is CCN1CCC(NC(C)c2ccc(O)c(OC)c2)CC1. The van der Waals surface area contributed by atoms with Crippen LogP contribution in [0.1, 0.15) is 38.3 Å². The first-order valence-electron chi connectivity index (χ1n) is 7.49. The maximum absolute atomic E-state index is 9.64. The van der Waals surface area contributed by atoms with Crippen molar-refractivity contribution in [2.24, 2.45) is 0 Å². The number of nitrogens with one attached hydrogen (secondary N) is 1. The predicted molar refractivity (Wildman–Crippen MR) is 81.3 cm³/mol. The number of likely N-dealkylation sites (tertiary alicyclic amines) is 1. The van der Waals surface area contributed by atoms with Gasteiger partial charge in [0.2, 0.25) is 0 Å². The molecule has 1 fully saturated rings.